The van der Waals surface area contributed by atoms with E-state index in [4.69, 9.17) is 11.6 Å². The number of unbranched alkanes of at least 4 members (excludes halogenated alkanes) is 1. The number of alkyl halides is 1. The van der Waals surface area contributed by atoms with E-state index in [9.17, 15) is 4.79 Å². The molecule has 1 fully saturated rings. The number of carbonyl (C=O) groups excluding carboxylic acids is 1. The minimum absolute atomic E-state index is 0.194. The molecule has 0 spiro atoms. The fraction of sp³-hybridized carbons (Fsp3) is 0.929. The minimum atomic E-state index is 0.194. The molecule has 0 bridgehead atoms. The van der Waals surface area contributed by atoms with Gasteiger partial charge < -0.3 is 5.32 Å². The lowest BCUT2D eigenvalue weighted by molar-refractivity contribution is -0.121. The lowest BCUT2D eigenvalue weighted by Gasteiger charge is -2.26. The highest BCUT2D eigenvalue weighted by atomic mass is 35.5. The van der Waals surface area contributed by atoms with Crippen LogP contribution in [0.3, 0.4) is 0 Å². The van der Waals surface area contributed by atoms with Crippen LogP contribution in [0.4, 0.5) is 0 Å². The van der Waals surface area contributed by atoms with Gasteiger partial charge in [0.1, 0.15) is 0 Å². The fourth-order valence-corrected chi connectivity index (χ4v) is 2.69. The largest absolute Gasteiger partial charge is 0.356 e. The van der Waals surface area contributed by atoms with Crippen LogP contribution in [-0.4, -0.2) is 18.3 Å². The van der Waals surface area contributed by atoms with Crippen molar-refractivity contribution in [1.82, 2.24) is 5.32 Å². The Hall–Kier alpha value is -0.240. The van der Waals surface area contributed by atoms with Gasteiger partial charge in [-0.25, -0.2) is 0 Å². The van der Waals surface area contributed by atoms with E-state index in [-0.39, 0.29) is 5.91 Å². The summed E-state index contributed by atoms with van der Waals surface area (Å²) in [4.78, 5) is 11.5. The Balaban J connectivity index is 1.97. The second-order valence-corrected chi connectivity index (χ2v) is 5.79. The summed E-state index contributed by atoms with van der Waals surface area (Å²) in [6.45, 7) is 3.20. The van der Waals surface area contributed by atoms with Crippen molar-refractivity contribution in [1.29, 1.82) is 0 Å². The van der Waals surface area contributed by atoms with Crippen LogP contribution in [0, 0.1) is 11.8 Å². The SMILES string of the molecule is CC1CCC(CCNC(=O)CCCCCl)CC1. The number of rotatable bonds is 7. The van der Waals surface area contributed by atoms with Crippen LogP contribution in [0.5, 0.6) is 0 Å². The maximum absolute atomic E-state index is 11.5. The van der Waals surface area contributed by atoms with Crippen molar-refractivity contribution in [2.75, 3.05) is 12.4 Å². The topological polar surface area (TPSA) is 29.1 Å². The third-order valence-electron chi connectivity index (χ3n) is 3.80. The van der Waals surface area contributed by atoms with Crippen LogP contribution in [0.2, 0.25) is 0 Å². The molecule has 1 rings (SSSR count). The quantitative estimate of drug-likeness (QED) is 0.548. The highest BCUT2D eigenvalue weighted by Crippen LogP contribution is 2.29. The molecule has 2 nitrogen and oxygen atoms in total. The summed E-state index contributed by atoms with van der Waals surface area (Å²) in [6, 6.07) is 0. The van der Waals surface area contributed by atoms with Gasteiger partial charge in [0, 0.05) is 18.8 Å². The van der Waals surface area contributed by atoms with Crippen LogP contribution in [0.1, 0.15) is 58.3 Å². The zero-order valence-electron chi connectivity index (χ0n) is 11.0. The molecule has 1 amide bonds. The maximum atomic E-state index is 11.5. The molecular weight excluding hydrogens is 234 g/mol. The summed E-state index contributed by atoms with van der Waals surface area (Å²) in [6.07, 6.45) is 9.09. The Morgan fingerprint density at radius 2 is 1.94 bits per heavy atom. The molecule has 1 aliphatic carbocycles. The van der Waals surface area contributed by atoms with Gasteiger partial charge in [0.25, 0.3) is 0 Å². The Labute approximate surface area is 110 Å². The van der Waals surface area contributed by atoms with Gasteiger partial charge in [-0.3, -0.25) is 4.79 Å². The maximum Gasteiger partial charge on any atom is 0.219 e. The standard InChI is InChI=1S/C14H26ClNO/c1-12-5-7-13(8-6-12)9-11-16-14(17)4-2-3-10-15/h12-13H,2-11H2,1H3,(H,16,17). The van der Waals surface area contributed by atoms with Crippen molar-refractivity contribution in [2.24, 2.45) is 11.8 Å². The molecule has 0 radical (unpaired) electrons. The smallest absolute Gasteiger partial charge is 0.219 e. The van der Waals surface area contributed by atoms with Gasteiger partial charge >= 0.3 is 0 Å². The van der Waals surface area contributed by atoms with Gasteiger partial charge in [0.15, 0.2) is 0 Å². The second kappa shape index (κ2) is 8.79. The average molecular weight is 260 g/mol. The first-order valence-corrected chi connectivity index (χ1v) is 7.58. The summed E-state index contributed by atoms with van der Waals surface area (Å²) in [5.74, 6) is 2.61. The first-order valence-electron chi connectivity index (χ1n) is 7.05. The number of nitrogens with one attached hydrogen (secondary N) is 1. The van der Waals surface area contributed by atoms with Crippen LogP contribution in [0.15, 0.2) is 0 Å². The number of halogens is 1. The molecule has 100 valence electrons. The normalized spacial score (nSPS) is 24.6. The van der Waals surface area contributed by atoms with Gasteiger partial charge in [0.05, 0.1) is 0 Å². The van der Waals surface area contributed by atoms with E-state index in [1.807, 2.05) is 0 Å². The third-order valence-corrected chi connectivity index (χ3v) is 4.06. The van der Waals surface area contributed by atoms with Crippen molar-refractivity contribution in [2.45, 2.75) is 58.3 Å². The van der Waals surface area contributed by atoms with Crippen molar-refractivity contribution in [3.63, 3.8) is 0 Å². The summed E-state index contributed by atoms with van der Waals surface area (Å²) in [5.41, 5.74) is 0. The predicted octanol–water partition coefficient (Wildman–Crippen LogP) is 3.73. The monoisotopic (exact) mass is 259 g/mol. The van der Waals surface area contributed by atoms with Crippen LogP contribution >= 0.6 is 11.6 Å². The fourth-order valence-electron chi connectivity index (χ4n) is 2.50. The molecule has 0 atom stereocenters. The predicted molar refractivity (Wildman–Crippen MR) is 73.3 cm³/mol. The Morgan fingerprint density at radius 3 is 2.59 bits per heavy atom. The Kier molecular flexibility index (Phi) is 7.67. The van der Waals surface area contributed by atoms with E-state index in [0.717, 1.165) is 37.6 Å². The van der Waals surface area contributed by atoms with Crippen molar-refractivity contribution < 1.29 is 4.79 Å². The number of hydrogen-bond acceptors (Lipinski definition) is 1. The molecule has 0 aromatic heterocycles. The summed E-state index contributed by atoms with van der Waals surface area (Å²) < 4.78 is 0. The van der Waals surface area contributed by atoms with Gasteiger partial charge in [0.2, 0.25) is 5.91 Å². The molecule has 0 aliphatic heterocycles. The average Bonchev–Trinajstić information content (AvgIpc) is 2.32. The number of carbonyl (C=O) groups is 1. The molecule has 0 aromatic carbocycles. The van der Waals surface area contributed by atoms with E-state index in [1.165, 1.54) is 25.7 Å². The molecule has 0 aromatic rings. The first-order chi connectivity index (χ1) is 8.22. The van der Waals surface area contributed by atoms with Crippen molar-refractivity contribution >= 4 is 17.5 Å². The molecular formula is C14H26ClNO. The van der Waals surface area contributed by atoms with E-state index in [2.05, 4.69) is 12.2 Å². The molecule has 0 saturated heterocycles. The number of amides is 1. The van der Waals surface area contributed by atoms with E-state index < -0.39 is 0 Å². The molecule has 0 heterocycles. The van der Waals surface area contributed by atoms with E-state index in [0.29, 0.717) is 12.3 Å². The van der Waals surface area contributed by atoms with Crippen molar-refractivity contribution in [3.8, 4) is 0 Å². The molecule has 1 N–H and O–H groups in total. The summed E-state index contributed by atoms with van der Waals surface area (Å²) in [7, 11) is 0. The zero-order chi connectivity index (χ0) is 12.5. The zero-order valence-corrected chi connectivity index (χ0v) is 11.8. The van der Waals surface area contributed by atoms with Gasteiger partial charge in [-0.2, -0.15) is 0 Å². The van der Waals surface area contributed by atoms with Gasteiger partial charge in [-0.15, -0.1) is 11.6 Å². The second-order valence-electron chi connectivity index (χ2n) is 5.41. The van der Waals surface area contributed by atoms with E-state index in [1.54, 1.807) is 0 Å². The van der Waals surface area contributed by atoms with Crippen LogP contribution in [0.25, 0.3) is 0 Å². The van der Waals surface area contributed by atoms with Gasteiger partial charge in [-0.05, 0) is 31.1 Å². The first kappa shape index (κ1) is 14.8. The highest BCUT2D eigenvalue weighted by molar-refractivity contribution is 6.17. The van der Waals surface area contributed by atoms with Gasteiger partial charge in [-0.1, -0.05) is 32.6 Å². The molecule has 1 aliphatic rings. The lowest BCUT2D eigenvalue weighted by Crippen LogP contribution is -2.26. The van der Waals surface area contributed by atoms with E-state index >= 15 is 0 Å². The Morgan fingerprint density at radius 1 is 1.24 bits per heavy atom. The summed E-state index contributed by atoms with van der Waals surface area (Å²) >= 11 is 5.57. The Bertz CT molecular complexity index is 212. The lowest BCUT2D eigenvalue weighted by atomic mass is 9.81. The van der Waals surface area contributed by atoms with Crippen LogP contribution in [-0.2, 0) is 4.79 Å². The molecule has 0 unspecified atom stereocenters. The molecule has 1 saturated carbocycles. The minimum Gasteiger partial charge on any atom is -0.356 e. The third kappa shape index (κ3) is 6.92. The summed E-state index contributed by atoms with van der Waals surface area (Å²) in [5, 5.41) is 3.02. The van der Waals surface area contributed by atoms with Crippen LogP contribution < -0.4 is 5.32 Å². The molecule has 17 heavy (non-hydrogen) atoms. The van der Waals surface area contributed by atoms with Crippen molar-refractivity contribution in [3.05, 3.63) is 0 Å². The highest BCUT2D eigenvalue weighted by Gasteiger charge is 2.17. The molecule has 3 heteroatoms. The number of hydrogen-bond donors (Lipinski definition) is 1.